The molecule has 3 aromatic rings. The molecule has 164 valence electrons. The zero-order chi connectivity index (χ0) is 21.8. The van der Waals surface area contributed by atoms with Gasteiger partial charge in [-0.05, 0) is 31.2 Å². The van der Waals surface area contributed by atoms with E-state index >= 15 is 0 Å². The molecule has 1 saturated heterocycles. The van der Waals surface area contributed by atoms with Crippen LogP contribution in [0, 0.1) is 6.92 Å². The number of rotatable bonds is 6. The summed E-state index contributed by atoms with van der Waals surface area (Å²) in [7, 11) is 3.16. The monoisotopic (exact) mass is 424 g/mol. The third-order valence-corrected chi connectivity index (χ3v) is 5.63. The summed E-state index contributed by atoms with van der Waals surface area (Å²) >= 11 is 0. The number of fused-ring (bicyclic) bond motifs is 1. The van der Waals surface area contributed by atoms with E-state index in [9.17, 15) is 4.79 Å². The smallest absolute Gasteiger partial charge is 0.321 e. The molecule has 0 spiro atoms. The molecule has 0 saturated carbocycles. The van der Waals surface area contributed by atoms with Gasteiger partial charge < -0.3 is 24.3 Å². The highest BCUT2D eigenvalue weighted by molar-refractivity contribution is 5.89. The molecule has 2 amide bonds. The number of urea groups is 1. The fourth-order valence-corrected chi connectivity index (χ4v) is 3.87. The average molecular weight is 425 g/mol. The summed E-state index contributed by atoms with van der Waals surface area (Å²) in [5.74, 6) is 2.19. The van der Waals surface area contributed by atoms with Crippen LogP contribution in [0.1, 0.15) is 5.82 Å². The minimum Gasteiger partial charge on any atom is -0.493 e. The largest absolute Gasteiger partial charge is 0.493 e. The molecule has 9 heteroatoms. The molecule has 0 bridgehead atoms. The molecule has 0 atom stereocenters. The second kappa shape index (κ2) is 9.22. The van der Waals surface area contributed by atoms with Crippen molar-refractivity contribution in [1.29, 1.82) is 0 Å². The number of nitrogens with zero attached hydrogens (tertiary/aromatic N) is 5. The van der Waals surface area contributed by atoms with Crippen LogP contribution in [0.2, 0.25) is 0 Å². The molecular formula is C22H28N6O3. The van der Waals surface area contributed by atoms with Crippen molar-refractivity contribution in [3.63, 3.8) is 0 Å². The van der Waals surface area contributed by atoms with Crippen LogP contribution in [-0.4, -0.2) is 77.3 Å². The van der Waals surface area contributed by atoms with E-state index in [0.717, 1.165) is 43.2 Å². The van der Waals surface area contributed by atoms with E-state index in [-0.39, 0.29) is 6.03 Å². The molecule has 1 aliphatic heterocycles. The summed E-state index contributed by atoms with van der Waals surface area (Å²) in [6.07, 6.45) is 1.80. The van der Waals surface area contributed by atoms with Gasteiger partial charge in [-0.2, -0.15) is 0 Å². The number of imidazole rings is 1. The lowest BCUT2D eigenvalue weighted by atomic mass is 10.2. The minimum atomic E-state index is -0.104. The van der Waals surface area contributed by atoms with Gasteiger partial charge in [-0.1, -0.05) is 0 Å². The Morgan fingerprint density at radius 1 is 1.06 bits per heavy atom. The van der Waals surface area contributed by atoms with Gasteiger partial charge >= 0.3 is 6.03 Å². The van der Waals surface area contributed by atoms with Crippen LogP contribution in [0.15, 0.2) is 36.5 Å². The van der Waals surface area contributed by atoms with E-state index in [1.54, 1.807) is 38.6 Å². The first-order chi connectivity index (χ1) is 15.1. The van der Waals surface area contributed by atoms with E-state index in [1.807, 2.05) is 24.0 Å². The molecule has 1 fully saturated rings. The number of carbonyl (C=O) groups excluding carboxylic acids is 1. The maximum Gasteiger partial charge on any atom is 0.321 e. The molecule has 4 rings (SSSR count). The van der Waals surface area contributed by atoms with Crippen molar-refractivity contribution in [2.45, 2.75) is 13.5 Å². The number of carbonyl (C=O) groups is 1. The van der Waals surface area contributed by atoms with Crippen LogP contribution in [0.25, 0.3) is 11.2 Å². The summed E-state index contributed by atoms with van der Waals surface area (Å²) in [4.78, 5) is 25.9. The second-order valence-corrected chi connectivity index (χ2v) is 7.49. The van der Waals surface area contributed by atoms with Gasteiger partial charge in [0.2, 0.25) is 0 Å². The lowest BCUT2D eigenvalue weighted by Crippen LogP contribution is -2.50. The Kier molecular flexibility index (Phi) is 6.22. The fraction of sp³-hybridized carbons (Fsp3) is 0.409. The maximum absolute atomic E-state index is 12.7. The molecule has 1 aromatic carbocycles. The first-order valence-corrected chi connectivity index (χ1v) is 10.4. The molecule has 1 aliphatic rings. The van der Waals surface area contributed by atoms with Crippen LogP contribution in [0.4, 0.5) is 10.5 Å². The van der Waals surface area contributed by atoms with Crippen molar-refractivity contribution in [3.8, 4) is 11.5 Å². The second-order valence-electron chi connectivity index (χ2n) is 7.49. The van der Waals surface area contributed by atoms with Crippen molar-refractivity contribution in [2.75, 3.05) is 52.3 Å². The topological polar surface area (TPSA) is 84.8 Å². The first kappa shape index (κ1) is 20.9. The Morgan fingerprint density at radius 3 is 2.58 bits per heavy atom. The van der Waals surface area contributed by atoms with Gasteiger partial charge in [0.25, 0.3) is 0 Å². The molecule has 31 heavy (non-hydrogen) atoms. The van der Waals surface area contributed by atoms with Crippen LogP contribution in [-0.2, 0) is 6.54 Å². The summed E-state index contributed by atoms with van der Waals surface area (Å²) in [6, 6.07) is 9.14. The van der Waals surface area contributed by atoms with Crippen LogP contribution < -0.4 is 14.8 Å². The molecule has 9 nitrogen and oxygen atoms in total. The molecule has 0 radical (unpaired) electrons. The standard InChI is InChI=1S/C22H28N6O3/c1-16-24-18-5-4-8-23-21(18)28(16)14-11-26-9-12-27(13-10-26)22(29)25-17-6-7-19(30-2)20(15-17)31-3/h4-8,15H,9-14H2,1-3H3,(H,25,29). The number of aryl methyl sites for hydroxylation is 1. The fourth-order valence-electron chi connectivity index (χ4n) is 3.87. The zero-order valence-electron chi connectivity index (χ0n) is 18.2. The van der Waals surface area contributed by atoms with E-state index in [2.05, 4.69) is 24.8 Å². The number of pyridine rings is 1. The average Bonchev–Trinajstić information content (AvgIpc) is 3.12. The molecule has 2 aromatic heterocycles. The van der Waals surface area contributed by atoms with Gasteiger partial charge in [0.05, 0.1) is 14.2 Å². The Morgan fingerprint density at radius 2 is 1.84 bits per heavy atom. The summed E-state index contributed by atoms with van der Waals surface area (Å²) < 4.78 is 12.7. The maximum atomic E-state index is 12.7. The Balaban J connectivity index is 1.29. The number of aromatic nitrogens is 3. The van der Waals surface area contributed by atoms with Gasteiger partial charge in [-0.3, -0.25) is 4.90 Å². The number of methoxy groups -OCH3 is 2. The van der Waals surface area contributed by atoms with Crippen molar-refractivity contribution < 1.29 is 14.3 Å². The quantitative estimate of drug-likeness (QED) is 0.655. The van der Waals surface area contributed by atoms with E-state index in [0.29, 0.717) is 30.3 Å². The summed E-state index contributed by atoms with van der Waals surface area (Å²) in [6.45, 7) is 6.77. The van der Waals surface area contributed by atoms with Gasteiger partial charge in [0.15, 0.2) is 17.1 Å². The molecule has 3 heterocycles. The minimum absolute atomic E-state index is 0.104. The van der Waals surface area contributed by atoms with Crippen molar-refractivity contribution in [2.24, 2.45) is 0 Å². The Labute approximate surface area is 181 Å². The van der Waals surface area contributed by atoms with E-state index in [1.165, 1.54) is 0 Å². The Hall–Kier alpha value is -3.33. The number of benzene rings is 1. The third kappa shape index (κ3) is 4.56. The SMILES string of the molecule is COc1ccc(NC(=O)N2CCN(CCn3c(C)nc4cccnc43)CC2)cc1OC. The van der Waals surface area contributed by atoms with Crippen LogP contribution in [0.5, 0.6) is 11.5 Å². The van der Waals surface area contributed by atoms with Crippen molar-refractivity contribution in [1.82, 2.24) is 24.3 Å². The molecule has 0 aliphatic carbocycles. The van der Waals surface area contributed by atoms with Crippen molar-refractivity contribution >= 4 is 22.9 Å². The number of hydrogen-bond acceptors (Lipinski definition) is 6. The van der Waals surface area contributed by atoms with Crippen LogP contribution in [0.3, 0.4) is 0 Å². The molecular weight excluding hydrogens is 396 g/mol. The highest BCUT2D eigenvalue weighted by Crippen LogP contribution is 2.29. The van der Waals surface area contributed by atoms with Crippen molar-refractivity contribution in [3.05, 3.63) is 42.4 Å². The highest BCUT2D eigenvalue weighted by atomic mass is 16.5. The predicted octanol–water partition coefficient (Wildman–Crippen LogP) is 2.61. The zero-order valence-corrected chi connectivity index (χ0v) is 18.2. The number of nitrogens with one attached hydrogen (secondary N) is 1. The van der Waals surface area contributed by atoms with Crippen LogP contribution >= 0.6 is 0 Å². The van der Waals surface area contributed by atoms with Gasteiger partial charge in [0, 0.05) is 57.2 Å². The lowest BCUT2D eigenvalue weighted by Gasteiger charge is -2.34. The third-order valence-electron chi connectivity index (χ3n) is 5.63. The number of amides is 2. The molecule has 1 N–H and O–H groups in total. The van der Waals surface area contributed by atoms with E-state index < -0.39 is 0 Å². The summed E-state index contributed by atoms with van der Waals surface area (Å²) in [5.41, 5.74) is 2.53. The number of anilines is 1. The predicted molar refractivity (Wildman–Crippen MR) is 119 cm³/mol. The number of hydrogen-bond donors (Lipinski definition) is 1. The Bertz CT molecular complexity index is 1060. The van der Waals surface area contributed by atoms with E-state index in [4.69, 9.17) is 9.47 Å². The van der Waals surface area contributed by atoms with Gasteiger partial charge in [-0.15, -0.1) is 0 Å². The number of ether oxygens (including phenoxy) is 2. The highest BCUT2D eigenvalue weighted by Gasteiger charge is 2.22. The first-order valence-electron chi connectivity index (χ1n) is 10.4. The van der Waals surface area contributed by atoms with Gasteiger partial charge in [0.1, 0.15) is 11.3 Å². The van der Waals surface area contributed by atoms with Gasteiger partial charge in [-0.25, -0.2) is 14.8 Å². The number of piperazine rings is 1. The molecule has 0 unspecified atom stereocenters. The summed E-state index contributed by atoms with van der Waals surface area (Å²) in [5, 5.41) is 2.95. The lowest BCUT2D eigenvalue weighted by molar-refractivity contribution is 0.144. The normalized spacial score (nSPS) is 14.6.